The van der Waals surface area contributed by atoms with Crippen LogP contribution in [0.3, 0.4) is 0 Å². The number of aliphatic hydroxyl groups is 1. The summed E-state index contributed by atoms with van der Waals surface area (Å²) in [6.45, 7) is 0. The number of fused-ring (bicyclic) bond motifs is 1. The van der Waals surface area contributed by atoms with Gasteiger partial charge in [0.05, 0.1) is 22.0 Å². The van der Waals surface area contributed by atoms with E-state index in [1.165, 1.54) is 11.8 Å². The lowest BCUT2D eigenvalue weighted by Crippen LogP contribution is -2.45. The molecule has 86 valence electrons. The van der Waals surface area contributed by atoms with Gasteiger partial charge in [-0.3, -0.25) is 4.99 Å². The molecule has 0 aromatic carbocycles. The number of hydrogen-bond donors (Lipinski definition) is 2. The maximum Gasteiger partial charge on any atom is 0.252 e. The second kappa shape index (κ2) is 4.47. The van der Waals surface area contributed by atoms with Crippen molar-refractivity contribution in [2.24, 2.45) is 4.99 Å². The summed E-state index contributed by atoms with van der Waals surface area (Å²) in [6.07, 6.45) is -3.02. The molecule has 0 bridgehead atoms. The van der Waals surface area contributed by atoms with Crippen molar-refractivity contribution in [3.63, 3.8) is 0 Å². The van der Waals surface area contributed by atoms with Gasteiger partial charge in [0, 0.05) is 7.05 Å². The summed E-state index contributed by atoms with van der Waals surface area (Å²) >= 11 is 2.63. The number of rotatable bonds is 1. The summed E-state index contributed by atoms with van der Waals surface area (Å²) in [4.78, 5) is 3.99. The van der Waals surface area contributed by atoms with Crippen LogP contribution in [0.1, 0.15) is 6.42 Å². The van der Waals surface area contributed by atoms with E-state index in [1.54, 1.807) is 7.05 Å². The number of thioether (sulfide) groups is 2. The van der Waals surface area contributed by atoms with E-state index >= 15 is 0 Å². The van der Waals surface area contributed by atoms with Crippen molar-refractivity contribution in [3.05, 3.63) is 0 Å². The summed E-state index contributed by atoms with van der Waals surface area (Å²) in [5.41, 5.74) is 0. The minimum atomic E-state index is -2.46. The molecule has 15 heavy (non-hydrogen) atoms. The first-order valence-electron chi connectivity index (χ1n) is 4.63. The Balaban J connectivity index is 2.05. The molecule has 2 aliphatic rings. The maximum absolute atomic E-state index is 12.6. The first-order chi connectivity index (χ1) is 7.11. The van der Waals surface area contributed by atoms with Crippen LogP contribution in [0.15, 0.2) is 4.99 Å². The van der Waals surface area contributed by atoms with Gasteiger partial charge in [-0.2, -0.15) is 0 Å². The van der Waals surface area contributed by atoms with Crippen molar-refractivity contribution in [1.82, 2.24) is 5.32 Å². The van der Waals surface area contributed by atoms with E-state index in [-0.39, 0.29) is 10.6 Å². The molecule has 3 nitrogen and oxygen atoms in total. The standard InChI is InChI=1S/C8H12F2N2OS2/c1-11-8-12-3-2-4(13)5(6(9)10)14-7(3)15-8/h3-7,13H,2H2,1H3,(H,11,12)/t3-,4+,5+,7-/m1/s1. The van der Waals surface area contributed by atoms with Gasteiger partial charge in [0.15, 0.2) is 5.17 Å². The SMILES string of the molecule is CN=C1N[C@@H]2C[C@H](O)[C@@H](C(F)F)S[C@@H]2S1. The number of alkyl halides is 2. The zero-order chi connectivity index (χ0) is 11.0. The number of amidine groups is 1. The number of hydrogen-bond acceptors (Lipinski definition) is 4. The van der Waals surface area contributed by atoms with E-state index in [0.717, 1.165) is 16.9 Å². The molecule has 0 unspecified atom stereocenters. The van der Waals surface area contributed by atoms with E-state index < -0.39 is 17.8 Å². The summed E-state index contributed by atoms with van der Waals surface area (Å²) in [5, 5.41) is 12.5. The van der Waals surface area contributed by atoms with Crippen molar-refractivity contribution in [2.45, 2.75) is 34.8 Å². The van der Waals surface area contributed by atoms with Gasteiger partial charge in [-0.1, -0.05) is 11.8 Å². The number of nitrogens with zero attached hydrogens (tertiary/aromatic N) is 1. The van der Waals surface area contributed by atoms with Gasteiger partial charge in [-0.25, -0.2) is 8.78 Å². The second-order valence-electron chi connectivity index (χ2n) is 3.50. The Morgan fingerprint density at radius 1 is 1.60 bits per heavy atom. The van der Waals surface area contributed by atoms with E-state index in [4.69, 9.17) is 0 Å². The van der Waals surface area contributed by atoms with E-state index in [0.29, 0.717) is 6.42 Å². The number of aliphatic hydroxyl groups excluding tert-OH is 1. The van der Waals surface area contributed by atoms with Gasteiger partial charge >= 0.3 is 0 Å². The molecule has 0 aromatic heterocycles. The molecular weight excluding hydrogens is 242 g/mol. The molecule has 0 spiro atoms. The minimum absolute atomic E-state index is 0.0473. The van der Waals surface area contributed by atoms with Crippen LogP contribution in [0.5, 0.6) is 0 Å². The van der Waals surface area contributed by atoms with Gasteiger partial charge < -0.3 is 10.4 Å². The first-order valence-corrected chi connectivity index (χ1v) is 6.45. The van der Waals surface area contributed by atoms with Crippen LogP contribution in [0, 0.1) is 0 Å². The van der Waals surface area contributed by atoms with Crippen LogP contribution in [0.25, 0.3) is 0 Å². The van der Waals surface area contributed by atoms with Crippen molar-refractivity contribution in [1.29, 1.82) is 0 Å². The molecule has 2 N–H and O–H groups in total. The average Bonchev–Trinajstić information content (AvgIpc) is 2.58. The molecule has 2 heterocycles. The monoisotopic (exact) mass is 254 g/mol. The Morgan fingerprint density at radius 3 is 2.93 bits per heavy atom. The highest BCUT2D eigenvalue weighted by Gasteiger charge is 2.45. The number of halogens is 2. The highest BCUT2D eigenvalue weighted by Crippen LogP contribution is 2.44. The lowest BCUT2D eigenvalue weighted by atomic mass is 10.1. The molecule has 2 fully saturated rings. The van der Waals surface area contributed by atoms with Crippen molar-refractivity contribution < 1.29 is 13.9 Å². The van der Waals surface area contributed by atoms with Crippen molar-refractivity contribution in [3.8, 4) is 0 Å². The van der Waals surface area contributed by atoms with E-state index in [2.05, 4.69) is 10.3 Å². The quantitative estimate of drug-likeness (QED) is 0.736. The Morgan fingerprint density at radius 2 is 2.33 bits per heavy atom. The van der Waals surface area contributed by atoms with Gasteiger partial charge in [0.2, 0.25) is 0 Å². The zero-order valence-corrected chi connectivity index (χ0v) is 9.69. The van der Waals surface area contributed by atoms with Crippen molar-refractivity contribution >= 4 is 28.7 Å². The third kappa shape index (κ3) is 2.24. The molecule has 7 heteroatoms. The topological polar surface area (TPSA) is 44.6 Å². The Kier molecular flexibility index (Phi) is 3.42. The van der Waals surface area contributed by atoms with E-state index in [9.17, 15) is 13.9 Å². The molecule has 0 aromatic rings. The van der Waals surface area contributed by atoms with Crippen LogP contribution in [-0.2, 0) is 0 Å². The van der Waals surface area contributed by atoms with E-state index in [1.807, 2.05) is 0 Å². The van der Waals surface area contributed by atoms with Gasteiger partial charge in [-0.15, -0.1) is 11.8 Å². The predicted molar refractivity (Wildman–Crippen MR) is 59.7 cm³/mol. The fourth-order valence-electron chi connectivity index (χ4n) is 1.73. The molecule has 2 rings (SSSR count). The predicted octanol–water partition coefficient (Wildman–Crippen LogP) is 1.13. The third-order valence-corrected chi connectivity index (χ3v) is 5.62. The van der Waals surface area contributed by atoms with Gasteiger partial charge in [-0.05, 0) is 6.42 Å². The second-order valence-corrected chi connectivity index (χ2v) is 6.26. The van der Waals surface area contributed by atoms with Crippen LogP contribution in [-0.4, -0.2) is 45.7 Å². The number of nitrogens with one attached hydrogen (secondary N) is 1. The lowest BCUT2D eigenvalue weighted by molar-refractivity contribution is 0.0584. The third-order valence-electron chi connectivity index (χ3n) is 2.48. The summed E-state index contributed by atoms with van der Waals surface area (Å²) in [7, 11) is 1.67. The van der Waals surface area contributed by atoms with Crippen molar-refractivity contribution in [2.75, 3.05) is 7.05 Å². The first kappa shape index (κ1) is 11.5. The lowest BCUT2D eigenvalue weighted by Gasteiger charge is -2.33. The van der Waals surface area contributed by atoms with Crippen LogP contribution >= 0.6 is 23.5 Å². The normalized spacial score (nSPS) is 43.1. The Labute approximate surface area is 95.1 Å². The maximum atomic E-state index is 12.6. The fourth-order valence-corrected chi connectivity index (χ4v) is 4.59. The molecule has 0 saturated carbocycles. The highest BCUT2D eigenvalue weighted by atomic mass is 32.2. The molecule has 2 saturated heterocycles. The summed E-state index contributed by atoms with van der Waals surface area (Å²) in [6, 6.07) is 0.0590. The number of aliphatic imine (C=N–C) groups is 1. The minimum Gasteiger partial charge on any atom is -0.392 e. The highest BCUT2D eigenvalue weighted by molar-refractivity contribution is 8.25. The van der Waals surface area contributed by atoms with Gasteiger partial charge in [0.25, 0.3) is 6.43 Å². The van der Waals surface area contributed by atoms with Gasteiger partial charge in [0.1, 0.15) is 0 Å². The Hall–Kier alpha value is -0.0100. The summed E-state index contributed by atoms with van der Waals surface area (Å²) < 4.78 is 25.2. The molecule has 4 atom stereocenters. The smallest absolute Gasteiger partial charge is 0.252 e. The average molecular weight is 254 g/mol. The van der Waals surface area contributed by atoms with Crippen LogP contribution in [0.2, 0.25) is 0 Å². The zero-order valence-electron chi connectivity index (χ0n) is 8.06. The molecule has 0 aliphatic carbocycles. The Bertz CT molecular complexity index is 277. The summed E-state index contributed by atoms with van der Waals surface area (Å²) in [5.74, 6) is 0. The molecule has 2 aliphatic heterocycles. The van der Waals surface area contributed by atoms with Crippen LogP contribution < -0.4 is 5.32 Å². The van der Waals surface area contributed by atoms with Crippen LogP contribution in [0.4, 0.5) is 8.78 Å². The largest absolute Gasteiger partial charge is 0.392 e. The molecule has 0 amide bonds. The molecule has 0 radical (unpaired) electrons. The fraction of sp³-hybridized carbons (Fsp3) is 0.875. The molecular formula is C8H12F2N2OS2.